The van der Waals surface area contributed by atoms with Crippen LogP contribution in [0.15, 0.2) is 36.4 Å². The first-order valence-electron chi connectivity index (χ1n) is 9.12. The Balaban J connectivity index is 1.50. The molecule has 12 heteroatoms. The number of anilines is 1. The number of halogens is 4. The molecular weight excluding hydrogens is 504 g/mol. The first kappa shape index (κ1) is 24.1. The smallest absolute Gasteiger partial charge is 0.311 e. The summed E-state index contributed by atoms with van der Waals surface area (Å²) >= 11 is 23.5. The second-order valence-electron chi connectivity index (χ2n) is 6.76. The molecule has 1 atom stereocenters. The largest absolute Gasteiger partial charge is 0.455 e. The molecule has 1 fully saturated rings. The molecule has 0 saturated carbocycles. The van der Waals surface area contributed by atoms with E-state index >= 15 is 0 Å². The first-order valence-corrected chi connectivity index (χ1v) is 10.6. The monoisotopic (exact) mass is 517 g/mol. The number of nitrogens with zero attached hydrogens (tertiary/aromatic N) is 1. The zero-order valence-electron chi connectivity index (χ0n) is 16.2. The molecule has 0 aromatic heterocycles. The Hall–Kier alpha value is -2.52. The maximum absolute atomic E-state index is 12.4. The third-order valence-corrected chi connectivity index (χ3v) is 5.71. The summed E-state index contributed by atoms with van der Waals surface area (Å²) in [4.78, 5) is 48.8. The molecule has 3 amide bonds. The van der Waals surface area contributed by atoms with Crippen LogP contribution in [0.2, 0.25) is 20.1 Å². The van der Waals surface area contributed by atoms with Gasteiger partial charge in [0.05, 0.1) is 33.1 Å². The summed E-state index contributed by atoms with van der Waals surface area (Å²) in [7, 11) is 0. The van der Waals surface area contributed by atoms with Crippen molar-refractivity contribution >= 4 is 75.8 Å². The van der Waals surface area contributed by atoms with Crippen LogP contribution in [-0.4, -0.2) is 41.9 Å². The Morgan fingerprint density at radius 2 is 1.75 bits per heavy atom. The molecule has 168 valence electrons. The molecule has 8 nitrogen and oxygen atoms in total. The van der Waals surface area contributed by atoms with Crippen LogP contribution in [0.3, 0.4) is 0 Å². The number of benzene rings is 2. The second kappa shape index (κ2) is 10.4. The number of ether oxygens (including phenoxy) is 1. The highest BCUT2D eigenvalue weighted by molar-refractivity contribution is 6.42. The van der Waals surface area contributed by atoms with Crippen LogP contribution in [0.25, 0.3) is 0 Å². The fourth-order valence-corrected chi connectivity index (χ4v) is 3.65. The van der Waals surface area contributed by atoms with E-state index in [0.29, 0.717) is 15.7 Å². The number of esters is 1. The number of amides is 3. The Labute approximate surface area is 202 Å². The van der Waals surface area contributed by atoms with Gasteiger partial charge in [-0.05, 0) is 36.4 Å². The van der Waals surface area contributed by atoms with Crippen molar-refractivity contribution < 1.29 is 23.9 Å². The van der Waals surface area contributed by atoms with Gasteiger partial charge in [-0.1, -0.05) is 46.4 Å². The van der Waals surface area contributed by atoms with Crippen molar-refractivity contribution in [1.82, 2.24) is 10.4 Å². The Morgan fingerprint density at radius 3 is 2.44 bits per heavy atom. The SMILES string of the molecule is O=C(COC(=O)[C@H]1CC(=O)N(NC(=O)c2ccc(Cl)cc2Cl)C1)Nc1ccc(Cl)c(Cl)c1. The number of carbonyl (C=O) groups excluding carboxylic acids is 4. The summed E-state index contributed by atoms with van der Waals surface area (Å²) in [6, 6.07) is 8.79. The summed E-state index contributed by atoms with van der Waals surface area (Å²) in [5, 5.41) is 4.58. The Bertz CT molecular complexity index is 1090. The first-order chi connectivity index (χ1) is 15.1. The van der Waals surface area contributed by atoms with Gasteiger partial charge in [0.15, 0.2) is 6.61 Å². The van der Waals surface area contributed by atoms with Crippen LogP contribution in [0.1, 0.15) is 16.8 Å². The van der Waals surface area contributed by atoms with Crippen LogP contribution in [0, 0.1) is 5.92 Å². The maximum atomic E-state index is 12.4. The molecule has 3 rings (SSSR count). The van der Waals surface area contributed by atoms with Gasteiger partial charge in [0.1, 0.15) is 0 Å². The number of nitrogens with one attached hydrogen (secondary N) is 2. The highest BCUT2D eigenvalue weighted by Gasteiger charge is 2.37. The number of hydrogen-bond donors (Lipinski definition) is 2. The summed E-state index contributed by atoms with van der Waals surface area (Å²) in [6.07, 6.45) is -0.179. The minimum atomic E-state index is -0.846. The molecule has 0 unspecified atom stereocenters. The van der Waals surface area contributed by atoms with Crippen LogP contribution < -0.4 is 10.7 Å². The number of rotatable bonds is 6. The second-order valence-corrected chi connectivity index (χ2v) is 8.41. The van der Waals surface area contributed by atoms with E-state index in [1.54, 1.807) is 0 Å². The van der Waals surface area contributed by atoms with E-state index < -0.39 is 36.2 Å². The normalized spacial score (nSPS) is 15.4. The van der Waals surface area contributed by atoms with Crippen molar-refractivity contribution in [2.24, 2.45) is 5.92 Å². The molecule has 2 aromatic carbocycles. The van der Waals surface area contributed by atoms with Gasteiger partial charge in [-0.15, -0.1) is 0 Å². The van der Waals surface area contributed by atoms with Gasteiger partial charge in [0, 0.05) is 17.1 Å². The predicted octanol–water partition coefficient (Wildman–Crippen LogP) is 3.98. The third-order valence-electron chi connectivity index (χ3n) is 4.42. The minimum absolute atomic E-state index is 0.108. The molecule has 0 aliphatic carbocycles. The van der Waals surface area contributed by atoms with Crippen molar-refractivity contribution in [2.45, 2.75) is 6.42 Å². The standard InChI is InChI=1S/C20H15Cl4N3O5/c21-11-1-3-13(15(23)6-11)19(30)26-27-8-10(5-18(27)29)20(31)32-9-17(28)25-12-2-4-14(22)16(24)7-12/h1-4,6-7,10H,5,8-9H2,(H,25,28)(H,26,30)/t10-/m0/s1. The van der Waals surface area contributed by atoms with E-state index in [1.165, 1.54) is 36.4 Å². The number of carbonyl (C=O) groups is 4. The van der Waals surface area contributed by atoms with E-state index in [0.717, 1.165) is 5.01 Å². The molecule has 2 N–H and O–H groups in total. The molecule has 0 radical (unpaired) electrons. The van der Waals surface area contributed by atoms with E-state index in [9.17, 15) is 19.2 Å². The summed E-state index contributed by atoms with van der Waals surface area (Å²) in [5.41, 5.74) is 2.90. The summed E-state index contributed by atoms with van der Waals surface area (Å²) in [6.45, 7) is -0.667. The minimum Gasteiger partial charge on any atom is -0.455 e. The predicted molar refractivity (Wildman–Crippen MR) is 120 cm³/mol. The van der Waals surface area contributed by atoms with Gasteiger partial charge in [0.25, 0.3) is 11.8 Å². The topological polar surface area (TPSA) is 105 Å². The fraction of sp³-hybridized carbons (Fsp3) is 0.200. The van der Waals surface area contributed by atoms with E-state index in [-0.39, 0.29) is 28.6 Å². The molecule has 1 heterocycles. The average Bonchev–Trinajstić information content (AvgIpc) is 3.09. The van der Waals surface area contributed by atoms with Gasteiger partial charge >= 0.3 is 5.97 Å². The van der Waals surface area contributed by atoms with Gasteiger partial charge in [0.2, 0.25) is 5.91 Å². The van der Waals surface area contributed by atoms with Crippen LogP contribution >= 0.6 is 46.4 Å². The third kappa shape index (κ3) is 6.04. The lowest BCUT2D eigenvalue weighted by molar-refractivity contribution is -0.151. The summed E-state index contributed by atoms with van der Waals surface area (Å²) < 4.78 is 5.00. The highest BCUT2D eigenvalue weighted by atomic mass is 35.5. The van der Waals surface area contributed by atoms with Crippen LogP contribution in [-0.2, 0) is 19.1 Å². The number of hydrogen-bond acceptors (Lipinski definition) is 5. The quantitative estimate of drug-likeness (QED) is 0.563. The molecule has 2 aromatic rings. The average molecular weight is 519 g/mol. The lowest BCUT2D eigenvalue weighted by Crippen LogP contribution is -2.43. The van der Waals surface area contributed by atoms with Crippen molar-refractivity contribution in [1.29, 1.82) is 0 Å². The zero-order valence-corrected chi connectivity index (χ0v) is 19.2. The van der Waals surface area contributed by atoms with Crippen molar-refractivity contribution in [3.8, 4) is 0 Å². The highest BCUT2D eigenvalue weighted by Crippen LogP contribution is 2.25. The molecule has 1 aliphatic rings. The maximum Gasteiger partial charge on any atom is 0.311 e. The van der Waals surface area contributed by atoms with E-state index in [4.69, 9.17) is 51.1 Å². The molecule has 0 spiro atoms. The van der Waals surface area contributed by atoms with Crippen molar-refractivity contribution in [3.05, 3.63) is 62.1 Å². The van der Waals surface area contributed by atoms with Crippen LogP contribution in [0.4, 0.5) is 5.69 Å². The van der Waals surface area contributed by atoms with Gasteiger partial charge in [-0.3, -0.25) is 29.6 Å². The van der Waals surface area contributed by atoms with Gasteiger partial charge < -0.3 is 10.1 Å². The lowest BCUT2D eigenvalue weighted by Gasteiger charge is -2.18. The molecule has 1 saturated heterocycles. The lowest BCUT2D eigenvalue weighted by atomic mass is 10.1. The van der Waals surface area contributed by atoms with Crippen LogP contribution in [0.5, 0.6) is 0 Å². The zero-order chi connectivity index (χ0) is 23.4. The van der Waals surface area contributed by atoms with E-state index in [1.807, 2.05) is 0 Å². The van der Waals surface area contributed by atoms with Crippen molar-refractivity contribution in [3.63, 3.8) is 0 Å². The Kier molecular flexibility index (Phi) is 7.84. The van der Waals surface area contributed by atoms with Crippen molar-refractivity contribution in [2.75, 3.05) is 18.5 Å². The summed E-state index contributed by atoms with van der Waals surface area (Å²) in [5.74, 6) is -3.30. The van der Waals surface area contributed by atoms with E-state index in [2.05, 4.69) is 10.7 Å². The van der Waals surface area contributed by atoms with Gasteiger partial charge in [-0.25, -0.2) is 0 Å². The molecular formula is C20H15Cl4N3O5. The molecule has 0 bridgehead atoms. The number of hydrazine groups is 1. The molecule has 32 heavy (non-hydrogen) atoms. The molecule has 1 aliphatic heterocycles. The van der Waals surface area contributed by atoms with Gasteiger partial charge in [-0.2, -0.15) is 0 Å². The Morgan fingerprint density at radius 1 is 1.00 bits per heavy atom. The fourth-order valence-electron chi connectivity index (χ4n) is 2.86.